The third-order valence-corrected chi connectivity index (χ3v) is 6.22. The summed E-state index contributed by atoms with van der Waals surface area (Å²) in [4.78, 5) is 16.7. The van der Waals surface area contributed by atoms with Crippen LogP contribution in [0.1, 0.15) is 50.9 Å². The van der Waals surface area contributed by atoms with Gasteiger partial charge in [0.1, 0.15) is 18.3 Å². The van der Waals surface area contributed by atoms with Gasteiger partial charge in [-0.2, -0.15) is 4.98 Å². The smallest absolute Gasteiger partial charge is 0.237 e. The van der Waals surface area contributed by atoms with Crippen LogP contribution in [0, 0.1) is 0 Å². The highest BCUT2D eigenvalue weighted by atomic mass is 15.4. The highest BCUT2D eigenvalue weighted by Crippen LogP contribution is 2.42. The number of para-hydroxylation sites is 2. The molecule has 0 N–H and O–H groups in total. The maximum atomic E-state index is 5.07. The second-order valence-electron chi connectivity index (χ2n) is 7.81. The lowest BCUT2D eigenvalue weighted by Crippen LogP contribution is -2.42. The first-order chi connectivity index (χ1) is 14.3. The summed E-state index contributed by atoms with van der Waals surface area (Å²) in [6.07, 6.45) is 11.4. The van der Waals surface area contributed by atoms with E-state index in [4.69, 9.17) is 4.98 Å². The normalized spacial score (nSPS) is 18.9. The molecule has 6 rings (SSSR count). The number of hydrogen-bond donors (Lipinski definition) is 0. The summed E-state index contributed by atoms with van der Waals surface area (Å²) in [5, 5.41) is 8.63. The van der Waals surface area contributed by atoms with E-state index >= 15 is 0 Å². The summed E-state index contributed by atoms with van der Waals surface area (Å²) in [7, 11) is 0. The number of benzene rings is 1. The van der Waals surface area contributed by atoms with Crippen LogP contribution in [-0.2, 0) is 0 Å². The lowest BCUT2D eigenvalue weighted by molar-refractivity contribution is 0.468. The van der Waals surface area contributed by atoms with Gasteiger partial charge >= 0.3 is 0 Å². The zero-order valence-electron chi connectivity index (χ0n) is 16.3. The summed E-state index contributed by atoms with van der Waals surface area (Å²) in [6, 6.07) is 8.72. The van der Waals surface area contributed by atoms with Gasteiger partial charge in [-0.3, -0.25) is 9.13 Å². The molecule has 1 aliphatic carbocycles. The third kappa shape index (κ3) is 2.41. The second kappa shape index (κ2) is 6.37. The van der Waals surface area contributed by atoms with Gasteiger partial charge in [0.2, 0.25) is 5.95 Å². The van der Waals surface area contributed by atoms with E-state index in [0.717, 1.165) is 34.8 Å². The molecule has 3 aromatic heterocycles. The van der Waals surface area contributed by atoms with Crippen molar-refractivity contribution < 1.29 is 0 Å². The minimum atomic E-state index is 0.176. The van der Waals surface area contributed by atoms with E-state index in [1.54, 1.807) is 12.7 Å². The molecule has 1 fully saturated rings. The molecule has 2 aliphatic rings. The minimum absolute atomic E-state index is 0.176. The van der Waals surface area contributed by atoms with Gasteiger partial charge in [-0.1, -0.05) is 31.9 Å². The summed E-state index contributed by atoms with van der Waals surface area (Å²) in [6.45, 7) is 2.21. The molecule has 1 saturated carbocycles. The fourth-order valence-electron chi connectivity index (χ4n) is 4.87. The van der Waals surface area contributed by atoms with Crippen molar-refractivity contribution in [3.05, 3.63) is 48.9 Å². The van der Waals surface area contributed by atoms with Gasteiger partial charge in [0.25, 0.3) is 0 Å². The summed E-state index contributed by atoms with van der Waals surface area (Å²) in [5.41, 5.74) is 2.90. The Morgan fingerprint density at radius 1 is 1.03 bits per heavy atom. The predicted molar refractivity (Wildman–Crippen MR) is 109 cm³/mol. The van der Waals surface area contributed by atoms with Crippen molar-refractivity contribution in [1.82, 2.24) is 34.3 Å². The molecule has 8 nitrogen and oxygen atoms in total. The molecule has 8 heteroatoms. The van der Waals surface area contributed by atoms with E-state index < -0.39 is 0 Å². The van der Waals surface area contributed by atoms with E-state index in [0.29, 0.717) is 12.0 Å². The monoisotopic (exact) mass is 386 g/mol. The molecule has 29 heavy (non-hydrogen) atoms. The number of imidazole rings is 1. The van der Waals surface area contributed by atoms with Gasteiger partial charge in [0, 0.05) is 6.04 Å². The van der Waals surface area contributed by atoms with E-state index in [9.17, 15) is 0 Å². The van der Waals surface area contributed by atoms with E-state index in [2.05, 4.69) is 32.0 Å². The Morgan fingerprint density at radius 2 is 1.90 bits per heavy atom. The van der Waals surface area contributed by atoms with Crippen molar-refractivity contribution in [2.24, 2.45) is 0 Å². The molecule has 1 unspecified atom stereocenters. The Bertz CT molecular complexity index is 1190. The average molecular weight is 386 g/mol. The maximum absolute atomic E-state index is 5.07. The van der Waals surface area contributed by atoms with Crippen LogP contribution in [0.2, 0.25) is 0 Å². The van der Waals surface area contributed by atoms with Gasteiger partial charge < -0.3 is 4.90 Å². The van der Waals surface area contributed by atoms with Crippen LogP contribution in [0.15, 0.2) is 43.1 Å². The van der Waals surface area contributed by atoms with Crippen LogP contribution in [0.5, 0.6) is 0 Å². The molecule has 0 amide bonds. The van der Waals surface area contributed by atoms with Crippen molar-refractivity contribution >= 4 is 16.9 Å². The number of aromatic nitrogens is 7. The van der Waals surface area contributed by atoms with Crippen LogP contribution in [-0.4, -0.2) is 40.3 Å². The Kier molecular flexibility index (Phi) is 3.65. The fourth-order valence-corrected chi connectivity index (χ4v) is 4.87. The SMILES string of the molecule is CCC1c2nncn2-c2cnc(-n3cnc4ccccc43)nc2N1C1CCCC1. The molecule has 0 spiro atoms. The molecule has 1 aliphatic heterocycles. The standard InChI is InChI=1S/C21H22N8/c1-2-16-20-26-24-13-27(20)18-11-22-21(25-19(18)29(16)14-7-3-4-8-14)28-12-23-15-9-5-6-10-17(15)28/h5-6,9-14,16H,2-4,7-8H2,1H3. The topological polar surface area (TPSA) is 77.5 Å². The van der Waals surface area contributed by atoms with Crippen molar-refractivity contribution in [2.45, 2.75) is 51.1 Å². The highest BCUT2D eigenvalue weighted by molar-refractivity contribution is 5.76. The van der Waals surface area contributed by atoms with Gasteiger partial charge in [0.15, 0.2) is 11.6 Å². The lowest BCUT2D eigenvalue weighted by atomic mass is 10.0. The quantitative estimate of drug-likeness (QED) is 0.535. The van der Waals surface area contributed by atoms with Gasteiger partial charge in [-0.05, 0) is 31.4 Å². The molecule has 0 radical (unpaired) electrons. The number of anilines is 1. The Morgan fingerprint density at radius 3 is 2.76 bits per heavy atom. The zero-order chi connectivity index (χ0) is 19.4. The molecule has 4 heterocycles. The number of rotatable bonds is 3. The van der Waals surface area contributed by atoms with E-state index in [1.165, 1.54) is 25.7 Å². The lowest BCUT2D eigenvalue weighted by Gasteiger charge is -2.40. The van der Waals surface area contributed by atoms with Gasteiger partial charge in [-0.25, -0.2) is 9.97 Å². The molecular weight excluding hydrogens is 364 g/mol. The molecule has 146 valence electrons. The predicted octanol–water partition coefficient (Wildman–Crippen LogP) is 3.61. The van der Waals surface area contributed by atoms with Crippen LogP contribution in [0.3, 0.4) is 0 Å². The number of nitrogens with zero attached hydrogens (tertiary/aromatic N) is 8. The van der Waals surface area contributed by atoms with Crippen LogP contribution < -0.4 is 4.90 Å². The molecule has 0 saturated heterocycles. The first-order valence-corrected chi connectivity index (χ1v) is 10.3. The Hall–Kier alpha value is -3.29. The van der Waals surface area contributed by atoms with Crippen molar-refractivity contribution in [2.75, 3.05) is 4.90 Å². The van der Waals surface area contributed by atoms with Gasteiger partial charge in [0.05, 0.1) is 23.3 Å². The average Bonchev–Trinajstić information content (AvgIpc) is 3.52. The molecule has 0 bridgehead atoms. The van der Waals surface area contributed by atoms with E-state index in [1.807, 2.05) is 39.6 Å². The maximum Gasteiger partial charge on any atom is 0.237 e. The fraction of sp³-hybridized carbons (Fsp3) is 0.381. The summed E-state index contributed by atoms with van der Waals surface area (Å²) in [5.74, 6) is 2.60. The first kappa shape index (κ1) is 16.6. The van der Waals surface area contributed by atoms with E-state index in [-0.39, 0.29) is 6.04 Å². The van der Waals surface area contributed by atoms with Crippen LogP contribution >= 0.6 is 0 Å². The van der Waals surface area contributed by atoms with Crippen molar-refractivity contribution in [1.29, 1.82) is 0 Å². The molecule has 1 aromatic carbocycles. The van der Waals surface area contributed by atoms with Crippen molar-refractivity contribution in [3.63, 3.8) is 0 Å². The molecular formula is C21H22N8. The van der Waals surface area contributed by atoms with Crippen molar-refractivity contribution in [3.8, 4) is 11.6 Å². The summed E-state index contributed by atoms with van der Waals surface area (Å²) < 4.78 is 4.01. The highest BCUT2D eigenvalue weighted by Gasteiger charge is 2.38. The first-order valence-electron chi connectivity index (χ1n) is 10.3. The minimum Gasteiger partial charge on any atom is -0.341 e. The van der Waals surface area contributed by atoms with Crippen LogP contribution in [0.4, 0.5) is 5.82 Å². The van der Waals surface area contributed by atoms with Crippen LogP contribution in [0.25, 0.3) is 22.7 Å². The Labute approximate surface area is 168 Å². The largest absolute Gasteiger partial charge is 0.341 e. The second-order valence-corrected chi connectivity index (χ2v) is 7.81. The third-order valence-electron chi connectivity index (χ3n) is 6.22. The number of hydrogen-bond acceptors (Lipinski definition) is 6. The molecule has 4 aromatic rings. The Balaban J connectivity index is 1.56. The molecule has 1 atom stereocenters. The number of fused-ring (bicyclic) bond motifs is 4. The zero-order valence-corrected chi connectivity index (χ0v) is 16.3. The van der Waals surface area contributed by atoms with Gasteiger partial charge in [-0.15, -0.1) is 10.2 Å². The summed E-state index contributed by atoms with van der Waals surface area (Å²) >= 11 is 0.